The molecule has 0 aliphatic rings. The van der Waals surface area contributed by atoms with Gasteiger partial charge in [-0.25, -0.2) is 4.79 Å². The summed E-state index contributed by atoms with van der Waals surface area (Å²) in [5.41, 5.74) is 10.7. The van der Waals surface area contributed by atoms with Crippen molar-refractivity contribution in [2.75, 3.05) is 12.0 Å². The minimum absolute atomic E-state index is 0.299. The first-order valence-electron chi connectivity index (χ1n) is 9.86. The molecule has 5 unspecified atom stereocenters. The van der Waals surface area contributed by atoms with Crippen LogP contribution in [0.4, 0.5) is 0 Å². The highest BCUT2D eigenvalue weighted by atomic mass is 32.2. The summed E-state index contributed by atoms with van der Waals surface area (Å²) in [6.45, 7) is 1.19. The van der Waals surface area contributed by atoms with Crippen molar-refractivity contribution in [3.63, 3.8) is 0 Å². The van der Waals surface area contributed by atoms with E-state index >= 15 is 0 Å². The Labute approximate surface area is 194 Å². The third-order valence-electron chi connectivity index (χ3n) is 4.34. The van der Waals surface area contributed by atoms with Gasteiger partial charge in [-0.15, -0.1) is 0 Å². The molecule has 0 rings (SSSR count). The van der Waals surface area contributed by atoms with Crippen LogP contribution >= 0.6 is 11.8 Å². The van der Waals surface area contributed by atoms with Gasteiger partial charge < -0.3 is 42.7 Å². The highest BCUT2D eigenvalue weighted by Gasteiger charge is 2.33. The molecule has 0 aromatic heterocycles. The van der Waals surface area contributed by atoms with Crippen LogP contribution in [0.2, 0.25) is 0 Å². The van der Waals surface area contributed by atoms with Crippen LogP contribution in [0.1, 0.15) is 32.6 Å². The maximum Gasteiger partial charge on any atom is 0.326 e. The zero-order chi connectivity index (χ0) is 25.7. The summed E-state index contributed by atoms with van der Waals surface area (Å²) in [6.07, 6.45) is -0.962. The van der Waals surface area contributed by atoms with Crippen molar-refractivity contribution in [1.29, 1.82) is 0 Å². The summed E-state index contributed by atoms with van der Waals surface area (Å²) in [5, 5.41) is 34.5. The number of hydrogen-bond acceptors (Lipinski definition) is 9. The van der Waals surface area contributed by atoms with Crippen LogP contribution < -0.4 is 27.4 Å². The lowest BCUT2D eigenvalue weighted by atomic mass is 10.1. The molecule has 10 N–H and O–H groups in total. The van der Waals surface area contributed by atoms with Crippen molar-refractivity contribution in [3.05, 3.63) is 0 Å². The van der Waals surface area contributed by atoms with Crippen LogP contribution in [0.5, 0.6) is 0 Å². The number of hydrogen-bond donors (Lipinski definition) is 8. The van der Waals surface area contributed by atoms with E-state index < -0.39 is 72.3 Å². The zero-order valence-electron chi connectivity index (χ0n) is 18.3. The van der Waals surface area contributed by atoms with Gasteiger partial charge >= 0.3 is 11.9 Å². The Kier molecular flexibility index (Phi) is 13.7. The molecule has 0 aromatic rings. The first kappa shape index (κ1) is 30.1. The molecule has 33 heavy (non-hydrogen) atoms. The predicted molar refractivity (Wildman–Crippen MR) is 117 cm³/mol. The van der Waals surface area contributed by atoms with Crippen molar-refractivity contribution >= 4 is 47.3 Å². The van der Waals surface area contributed by atoms with Crippen LogP contribution in [0, 0.1) is 0 Å². The summed E-state index contributed by atoms with van der Waals surface area (Å²) >= 11 is 1.45. The van der Waals surface area contributed by atoms with E-state index in [0.717, 1.165) is 0 Å². The van der Waals surface area contributed by atoms with E-state index in [1.165, 1.54) is 18.7 Å². The lowest BCUT2D eigenvalue weighted by Gasteiger charge is -2.26. The second-order valence-corrected chi connectivity index (χ2v) is 8.16. The van der Waals surface area contributed by atoms with Gasteiger partial charge in [0.05, 0.1) is 18.6 Å². The third kappa shape index (κ3) is 12.1. The topological polar surface area (TPSA) is 251 Å². The normalized spacial score (nSPS) is 15.3. The Bertz CT molecular complexity index is 734. The molecule has 4 amide bonds. The standard InChI is InChI=1S/C18H31N5O9S/c1-8(24)14(23-15(28)9(19)5-6-33-2)17(30)22-11(7-13(26)27)16(29)21-10(18(31)32)3-4-12(20)25/h8-11,14,24H,3-7,19H2,1-2H3,(H2,20,25)(H,21,29)(H,22,30)(H,23,28)(H,26,27)(H,31,32). The number of carbonyl (C=O) groups is 6. The van der Waals surface area contributed by atoms with E-state index in [9.17, 15) is 39.0 Å². The molecule has 0 spiro atoms. The van der Waals surface area contributed by atoms with Gasteiger partial charge in [0, 0.05) is 6.42 Å². The largest absolute Gasteiger partial charge is 0.481 e. The number of nitrogens with two attached hydrogens (primary N) is 2. The van der Waals surface area contributed by atoms with Gasteiger partial charge in [-0.05, 0) is 31.8 Å². The molecule has 15 heteroatoms. The highest BCUT2D eigenvalue weighted by Crippen LogP contribution is 2.04. The number of carboxylic acids is 2. The number of thioether (sulfide) groups is 1. The number of aliphatic hydroxyl groups is 1. The number of rotatable bonds is 16. The van der Waals surface area contributed by atoms with Gasteiger partial charge in [0.2, 0.25) is 23.6 Å². The van der Waals surface area contributed by atoms with Crippen LogP contribution in [-0.4, -0.2) is 93.2 Å². The number of aliphatic hydroxyl groups excluding tert-OH is 1. The Morgan fingerprint density at radius 3 is 1.94 bits per heavy atom. The first-order chi connectivity index (χ1) is 15.3. The fourth-order valence-corrected chi connectivity index (χ4v) is 2.99. The summed E-state index contributed by atoms with van der Waals surface area (Å²) in [5.74, 6) is -6.20. The molecular weight excluding hydrogens is 462 g/mol. The van der Waals surface area contributed by atoms with Crippen molar-refractivity contribution in [2.45, 2.75) is 62.9 Å². The predicted octanol–water partition coefficient (Wildman–Crippen LogP) is -3.27. The van der Waals surface area contributed by atoms with Crippen LogP contribution in [0.15, 0.2) is 0 Å². The van der Waals surface area contributed by atoms with Crippen molar-refractivity contribution < 1.29 is 44.1 Å². The number of primary amides is 1. The lowest BCUT2D eigenvalue weighted by molar-refractivity contribution is -0.144. The maximum atomic E-state index is 12.6. The number of nitrogens with one attached hydrogen (secondary N) is 3. The molecule has 0 heterocycles. The van der Waals surface area contributed by atoms with Crippen molar-refractivity contribution in [1.82, 2.24) is 16.0 Å². The van der Waals surface area contributed by atoms with Gasteiger partial charge in [-0.3, -0.25) is 24.0 Å². The van der Waals surface area contributed by atoms with Gasteiger partial charge in [-0.1, -0.05) is 0 Å². The van der Waals surface area contributed by atoms with E-state index in [4.69, 9.17) is 16.6 Å². The monoisotopic (exact) mass is 493 g/mol. The average Bonchev–Trinajstić information content (AvgIpc) is 2.70. The van der Waals surface area contributed by atoms with Gasteiger partial charge in [0.15, 0.2) is 0 Å². The Morgan fingerprint density at radius 1 is 0.909 bits per heavy atom. The number of carbonyl (C=O) groups excluding carboxylic acids is 4. The molecule has 0 aliphatic heterocycles. The summed E-state index contributed by atoms with van der Waals surface area (Å²) in [6, 6.07) is -5.84. The molecule has 0 fully saturated rings. The molecular formula is C18H31N5O9S. The van der Waals surface area contributed by atoms with E-state index in [1.807, 2.05) is 11.6 Å². The van der Waals surface area contributed by atoms with Crippen LogP contribution in [-0.2, 0) is 28.8 Å². The van der Waals surface area contributed by atoms with E-state index in [2.05, 4.69) is 10.6 Å². The van der Waals surface area contributed by atoms with Crippen LogP contribution in [0.25, 0.3) is 0 Å². The zero-order valence-corrected chi connectivity index (χ0v) is 19.1. The Hall–Kier alpha value is -2.91. The second-order valence-electron chi connectivity index (χ2n) is 7.18. The average molecular weight is 494 g/mol. The number of aliphatic carboxylic acids is 2. The van der Waals surface area contributed by atoms with E-state index in [0.29, 0.717) is 12.2 Å². The number of amides is 4. The van der Waals surface area contributed by atoms with E-state index in [-0.39, 0.29) is 12.8 Å². The summed E-state index contributed by atoms with van der Waals surface area (Å²) in [4.78, 5) is 70.6. The molecule has 14 nitrogen and oxygen atoms in total. The fourth-order valence-electron chi connectivity index (χ4n) is 2.50. The minimum Gasteiger partial charge on any atom is -0.481 e. The van der Waals surface area contributed by atoms with Gasteiger partial charge in [-0.2, -0.15) is 11.8 Å². The molecule has 0 aromatic carbocycles. The number of carboxylic acid groups (broad SMARTS) is 2. The molecule has 5 atom stereocenters. The molecule has 188 valence electrons. The smallest absolute Gasteiger partial charge is 0.326 e. The molecule has 0 bridgehead atoms. The van der Waals surface area contributed by atoms with Gasteiger partial charge in [0.1, 0.15) is 18.1 Å². The second kappa shape index (κ2) is 15.0. The summed E-state index contributed by atoms with van der Waals surface area (Å²) in [7, 11) is 0. The lowest BCUT2D eigenvalue weighted by Crippen LogP contribution is -2.60. The molecule has 0 saturated carbocycles. The minimum atomic E-state index is -1.74. The SMILES string of the molecule is CSCCC(N)C(=O)NC(C(=O)NC(CC(=O)O)C(=O)NC(CCC(N)=O)C(=O)O)C(C)O. The van der Waals surface area contributed by atoms with E-state index in [1.54, 1.807) is 0 Å². The van der Waals surface area contributed by atoms with Gasteiger partial charge in [0.25, 0.3) is 0 Å². The molecule has 0 saturated heterocycles. The highest BCUT2D eigenvalue weighted by molar-refractivity contribution is 7.98. The Balaban J connectivity index is 5.41. The van der Waals surface area contributed by atoms with Crippen molar-refractivity contribution in [2.24, 2.45) is 11.5 Å². The third-order valence-corrected chi connectivity index (χ3v) is 4.98. The summed E-state index contributed by atoms with van der Waals surface area (Å²) < 4.78 is 0. The van der Waals surface area contributed by atoms with Crippen LogP contribution in [0.3, 0.4) is 0 Å². The first-order valence-corrected chi connectivity index (χ1v) is 11.3. The molecule has 0 aliphatic carbocycles. The quantitative estimate of drug-likeness (QED) is 0.106. The Morgan fingerprint density at radius 2 is 1.48 bits per heavy atom. The van der Waals surface area contributed by atoms with Crippen molar-refractivity contribution in [3.8, 4) is 0 Å². The fraction of sp³-hybridized carbons (Fsp3) is 0.667. The maximum absolute atomic E-state index is 12.6. The molecule has 0 radical (unpaired) electrons.